The van der Waals surface area contributed by atoms with E-state index in [-0.39, 0.29) is 34.1 Å². The minimum atomic E-state index is -0.872. The molecule has 0 unspecified atom stereocenters. The zero-order valence-electron chi connectivity index (χ0n) is 20.6. The van der Waals surface area contributed by atoms with Crippen LogP contribution in [0.3, 0.4) is 0 Å². The van der Waals surface area contributed by atoms with Gasteiger partial charge >= 0.3 is 0 Å². The first-order valence-electron chi connectivity index (χ1n) is 11.7. The van der Waals surface area contributed by atoms with Crippen molar-refractivity contribution in [3.05, 3.63) is 97.4 Å². The molecule has 3 aromatic carbocycles. The van der Waals surface area contributed by atoms with E-state index in [0.717, 1.165) is 5.56 Å². The molecule has 0 aliphatic carbocycles. The predicted octanol–water partition coefficient (Wildman–Crippen LogP) is 7.55. The lowest BCUT2D eigenvalue weighted by molar-refractivity contribution is 0.0690. The number of nitrogens with zero attached hydrogens (tertiary/aromatic N) is 2. The highest BCUT2D eigenvalue weighted by Crippen LogP contribution is 2.45. The number of ether oxygens (including phenoxy) is 2. The monoisotopic (exact) mass is 574 g/mol. The van der Waals surface area contributed by atoms with Crippen LogP contribution in [0.1, 0.15) is 38.9 Å². The van der Waals surface area contributed by atoms with Gasteiger partial charge in [-0.1, -0.05) is 52.1 Å². The van der Waals surface area contributed by atoms with E-state index < -0.39 is 17.8 Å². The van der Waals surface area contributed by atoms with E-state index in [1.807, 2.05) is 6.07 Å². The Kier molecular flexibility index (Phi) is 7.27. The standard InChI is InChI=1S/C28H22Cl3FN2O4/c1-14-23(26(33-38-14)24-17(29)6-4-7-18(24)30)28(35)34-11-10-15-12-21(36-2)22(37-3)13-16(15)27(34)25-19(31)8-5-9-20(25)32/h4-9,12-13,27H,10-11H2,1-3H3/t27-/m0/s1. The van der Waals surface area contributed by atoms with Gasteiger partial charge in [0.05, 0.1) is 30.3 Å². The summed E-state index contributed by atoms with van der Waals surface area (Å²) in [5, 5.41) is 4.94. The zero-order valence-corrected chi connectivity index (χ0v) is 22.9. The van der Waals surface area contributed by atoms with Crippen molar-refractivity contribution >= 4 is 40.7 Å². The Morgan fingerprint density at radius 2 is 1.66 bits per heavy atom. The summed E-state index contributed by atoms with van der Waals surface area (Å²) < 4.78 is 31.9. The minimum absolute atomic E-state index is 0.169. The highest BCUT2D eigenvalue weighted by Gasteiger charge is 2.39. The Bertz CT molecular complexity index is 1520. The first kappa shape index (κ1) is 26.4. The summed E-state index contributed by atoms with van der Waals surface area (Å²) in [7, 11) is 3.06. The van der Waals surface area contributed by atoms with Gasteiger partial charge in [-0.2, -0.15) is 0 Å². The fourth-order valence-corrected chi connectivity index (χ4v) is 5.75. The van der Waals surface area contributed by atoms with Crippen molar-refractivity contribution < 1.29 is 23.2 Å². The number of hydrogen-bond donors (Lipinski definition) is 0. The summed E-state index contributed by atoms with van der Waals surface area (Å²) in [6.07, 6.45) is 0.483. The molecule has 5 rings (SSSR count). The number of aryl methyl sites for hydroxylation is 1. The van der Waals surface area contributed by atoms with Gasteiger partial charge in [-0.05, 0) is 60.9 Å². The lowest BCUT2D eigenvalue weighted by Gasteiger charge is -2.38. The number of aromatic nitrogens is 1. The highest BCUT2D eigenvalue weighted by molar-refractivity contribution is 6.39. The van der Waals surface area contributed by atoms with Crippen LogP contribution in [-0.2, 0) is 6.42 Å². The maximum absolute atomic E-state index is 15.4. The van der Waals surface area contributed by atoms with Gasteiger partial charge in [0, 0.05) is 22.7 Å². The minimum Gasteiger partial charge on any atom is -0.493 e. The Labute approximate surface area is 233 Å². The van der Waals surface area contributed by atoms with Gasteiger partial charge in [-0.3, -0.25) is 4.79 Å². The van der Waals surface area contributed by atoms with Crippen LogP contribution in [0, 0.1) is 12.7 Å². The van der Waals surface area contributed by atoms with Crippen LogP contribution in [0.2, 0.25) is 15.1 Å². The van der Waals surface area contributed by atoms with E-state index in [1.54, 1.807) is 49.3 Å². The molecule has 0 spiro atoms. The van der Waals surface area contributed by atoms with Crippen molar-refractivity contribution in [1.29, 1.82) is 0 Å². The number of fused-ring (bicyclic) bond motifs is 1. The molecule has 2 heterocycles. The van der Waals surface area contributed by atoms with Gasteiger partial charge in [0.15, 0.2) is 11.5 Å². The fourth-order valence-electron chi connectivity index (χ4n) is 4.91. The topological polar surface area (TPSA) is 64.8 Å². The second-order valence-electron chi connectivity index (χ2n) is 8.75. The molecule has 0 saturated carbocycles. The summed E-state index contributed by atoms with van der Waals surface area (Å²) in [4.78, 5) is 15.9. The van der Waals surface area contributed by atoms with Crippen molar-refractivity contribution in [2.45, 2.75) is 19.4 Å². The molecule has 1 atom stereocenters. The largest absolute Gasteiger partial charge is 0.493 e. The molecule has 0 N–H and O–H groups in total. The highest BCUT2D eigenvalue weighted by atomic mass is 35.5. The van der Waals surface area contributed by atoms with Gasteiger partial charge < -0.3 is 18.9 Å². The molecule has 0 bridgehead atoms. The van der Waals surface area contributed by atoms with Crippen LogP contribution in [0.4, 0.5) is 4.39 Å². The molecule has 1 aliphatic rings. The molecule has 196 valence electrons. The third kappa shape index (κ3) is 4.38. The summed E-state index contributed by atoms with van der Waals surface area (Å²) in [6.45, 7) is 1.89. The molecule has 6 nitrogen and oxygen atoms in total. The SMILES string of the molecule is COc1cc2c(cc1OC)[C@@H](c1c(F)cccc1Cl)N(C(=O)c1c(-c3c(Cl)cccc3Cl)noc1C)CC2. The molecule has 0 saturated heterocycles. The van der Waals surface area contributed by atoms with E-state index in [4.69, 9.17) is 48.8 Å². The van der Waals surface area contributed by atoms with Crippen LogP contribution in [-0.4, -0.2) is 36.7 Å². The average molecular weight is 576 g/mol. The Balaban J connectivity index is 1.72. The number of amides is 1. The second kappa shape index (κ2) is 10.5. The Morgan fingerprint density at radius 3 is 2.32 bits per heavy atom. The number of methoxy groups -OCH3 is 2. The summed E-state index contributed by atoms with van der Waals surface area (Å²) in [5.41, 5.74) is 2.48. The number of halogens is 4. The van der Waals surface area contributed by atoms with Crippen molar-refractivity contribution in [3.8, 4) is 22.8 Å². The Morgan fingerprint density at radius 1 is 1.03 bits per heavy atom. The van der Waals surface area contributed by atoms with Gasteiger partial charge in [0.2, 0.25) is 0 Å². The Hall–Kier alpha value is -3.26. The average Bonchev–Trinajstić information content (AvgIpc) is 3.27. The molecular weight excluding hydrogens is 554 g/mol. The molecular formula is C28H22Cl3FN2O4. The lowest BCUT2D eigenvalue weighted by Crippen LogP contribution is -2.41. The third-order valence-corrected chi connectivity index (χ3v) is 7.64. The first-order valence-corrected chi connectivity index (χ1v) is 12.8. The number of carbonyl (C=O) groups is 1. The normalized spacial score (nSPS) is 14.8. The molecule has 1 aromatic heterocycles. The number of hydrogen-bond acceptors (Lipinski definition) is 5. The smallest absolute Gasteiger partial charge is 0.260 e. The number of carbonyl (C=O) groups excluding carboxylic acids is 1. The molecule has 4 aromatic rings. The second-order valence-corrected chi connectivity index (χ2v) is 9.97. The van der Waals surface area contributed by atoms with E-state index in [9.17, 15) is 4.79 Å². The van der Waals surface area contributed by atoms with E-state index >= 15 is 4.39 Å². The van der Waals surface area contributed by atoms with Gasteiger partial charge in [0.1, 0.15) is 22.8 Å². The molecule has 0 radical (unpaired) electrons. The van der Waals surface area contributed by atoms with E-state index in [1.165, 1.54) is 19.2 Å². The van der Waals surface area contributed by atoms with E-state index in [0.29, 0.717) is 39.1 Å². The lowest BCUT2D eigenvalue weighted by atomic mass is 9.86. The van der Waals surface area contributed by atoms with Crippen molar-refractivity contribution in [1.82, 2.24) is 10.1 Å². The molecule has 1 aliphatic heterocycles. The quantitative estimate of drug-likeness (QED) is 0.246. The van der Waals surface area contributed by atoms with Crippen LogP contribution in [0.5, 0.6) is 11.5 Å². The number of benzene rings is 3. The van der Waals surface area contributed by atoms with E-state index in [2.05, 4.69) is 5.16 Å². The van der Waals surface area contributed by atoms with Gasteiger partial charge in [-0.15, -0.1) is 0 Å². The zero-order chi connectivity index (χ0) is 27.1. The molecule has 38 heavy (non-hydrogen) atoms. The van der Waals surface area contributed by atoms with Gasteiger partial charge in [-0.25, -0.2) is 4.39 Å². The predicted molar refractivity (Wildman–Crippen MR) is 144 cm³/mol. The maximum atomic E-state index is 15.4. The van der Waals surface area contributed by atoms with Crippen LogP contribution in [0.15, 0.2) is 53.1 Å². The van der Waals surface area contributed by atoms with Crippen LogP contribution >= 0.6 is 34.8 Å². The summed E-state index contributed by atoms with van der Waals surface area (Å²) >= 11 is 19.5. The van der Waals surface area contributed by atoms with Crippen molar-refractivity contribution in [2.24, 2.45) is 0 Å². The van der Waals surface area contributed by atoms with Crippen molar-refractivity contribution in [3.63, 3.8) is 0 Å². The third-order valence-electron chi connectivity index (χ3n) is 6.68. The molecule has 1 amide bonds. The van der Waals surface area contributed by atoms with Crippen molar-refractivity contribution in [2.75, 3.05) is 20.8 Å². The maximum Gasteiger partial charge on any atom is 0.260 e. The fraction of sp³-hybridized carbons (Fsp3) is 0.214. The molecule has 0 fully saturated rings. The first-order chi connectivity index (χ1) is 18.3. The van der Waals surface area contributed by atoms with Gasteiger partial charge in [0.25, 0.3) is 5.91 Å². The number of rotatable bonds is 5. The molecule has 10 heteroatoms. The summed E-state index contributed by atoms with van der Waals surface area (Å²) in [6, 6.07) is 12.2. The van der Waals surface area contributed by atoms with Crippen LogP contribution < -0.4 is 9.47 Å². The summed E-state index contributed by atoms with van der Waals surface area (Å²) in [5.74, 6) is 0.286. The van der Waals surface area contributed by atoms with Crippen LogP contribution in [0.25, 0.3) is 11.3 Å².